The van der Waals surface area contributed by atoms with Gasteiger partial charge in [0.15, 0.2) is 0 Å². The van der Waals surface area contributed by atoms with E-state index in [4.69, 9.17) is 0 Å². The van der Waals surface area contributed by atoms with Gasteiger partial charge >= 0.3 is 0 Å². The van der Waals surface area contributed by atoms with Crippen LogP contribution in [0.5, 0.6) is 0 Å². The summed E-state index contributed by atoms with van der Waals surface area (Å²) in [6, 6.07) is 8.44. The first-order valence-corrected chi connectivity index (χ1v) is 7.31. The summed E-state index contributed by atoms with van der Waals surface area (Å²) in [5.41, 5.74) is 1.42. The molecule has 1 nitrogen and oxygen atoms in total. The number of fused-ring (bicyclic) bond motifs is 3. The molecule has 0 spiro atoms. The summed E-state index contributed by atoms with van der Waals surface area (Å²) in [7, 11) is 0. The number of hydrogen-bond acceptors (Lipinski definition) is 1. The number of anilines is 1. The van der Waals surface area contributed by atoms with E-state index in [9.17, 15) is 13.2 Å². The number of hydrogen-bond donors (Lipinski definition) is 1. The highest BCUT2D eigenvalue weighted by Gasteiger charge is 2.40. The average Bonchev–Trinajstić information content (AvgIpc) is 2.97. The predicted molar refractivity (Wildman–Crippen MR) is 79.1 cm³/mol. The van der Waals surface area contributed by atoms with E-state index in [0.717, 1.165) is 12.5 Å². The van der Waals surface area contributed by atoms with Crippen LogP contribution in [0, 0.1) is 23.4 Å². The van der Waals surface area contributed by atoms with Crippen LogP contribution >= 0.6 is 0 Å². The average molecular weight is 301 g/mol. The van der Waals surface area contributed by atoms with E-state index in [1.165, 1.54) is 12.1 Å². The van der Waals surface area contributed by atoms with Crippen LogP contribution in [0.2, 0.25) is 0 Å². The summed E-state index contributed by atoms with van der Waals surface area (Å²) in [6.07, 6.45) is 4.73. The third-order valence-electron chi connectivity index (χ3n) is 4.63. The van der Waals surface area contributed by atoms with Crippen LogP contribution in [0.4, 0.5) is 18.9 Å². The van der Waals surface area contributed by atoms with Gasteiger partial charge in [-0.25, -0.2) is 13.2 Å². The normalized spacial score (nSPS) is 25.5. The molecular formula is C18H14F3N. The lowest BCUT2D eigenvalue weighted by Crippen LogP contribution is -2.30. The molecule has 0 saturated carbocycles. The van der Waals surface area contributed by atoms with E-state index in [0.29, 0.717) is 11.1 Å². The minimum Gasteiger partial charge on any atom is -0.375 e. The van der Waals surface area contributed by atoms with Crippen molar-refractivity contribution in [3.05, 3.63) is 77.1 Å². The topological polar surface area (TPSA) is 12.0 Å². The Balaban J connectivity index is 1.86. The first-order valence-electron chi connectivity index (χ1n) is 7.31. The summed E-state index contributed by atoms with van der Waals surface area (Å²) in [6.45, 7) is 0. The van der Waals surface area contributed by atoms with Gasteiger partial charge in [0.25, 0.3) is 0 Å². The molecule has 2 aromatic carbocycles. The number of halogens is 3. The number of nitrogens with one attached hydrogen (secondary N) is 1. The molecule has 1 N–H and O–H groups in total. The molecule has 3 atom stereocenters. The van der Waals surface area contributed by atoms with Crippen molar-refractivity contribution in [3.63, 3.8) is 0 Å². The Bertz CT molecular complexity index is 769. The van der Waals surface area contributed by atoms with Gasteiger partial charge in [0.2, 0.25) is 0 Å². The zero-order valence-electron chi connectivity index (χ0n) is 11.7. The third-order valence-corrected chi connectivity index (χ3v) is 4.63. The maximum Gasteiger partial charge on any atom is 0.149 e. The van der Waals surface area contributed by atoms with Crippen molar-refractivity contribution in [2.45, 2.75) is 18.4 Å². The summed E-state index contributed by atoms with van der Waals surface area (Å²) in [4.78, 5) is 0. The molecule has 1 heterocycles. The minimum atomic E-state index is -0.630. The molecule has 112 valence electrons. The fourth-order valence-corrected chi connectivity index (χ4v) is 3.66. The SMILES string of the molecule is Fc1cc(F)c2c(c1)[C@@H]1C=CC[C@H]1[C@@H](c1ccccc1F)N2. The van der Waals surface area contributed by atoms with Gasteiger partial charge < -0.3 is 5.32 Å². The summed E-state index contributed by atoms with van der Waals surface area (Å²) < 4.78 is 41.9. The number of rotatable bonds is 1. The maximum absolute atomic E-state index is 14.2. The molecule has 4 rings (SSSR count). The van der Waals surface area contributed by atoms with E-state index >= 15 is 0 Å². The van der Waals surface area contributed by atoms with Crippen LogP contribution in [-0.2, 0) is 0 Å². The summed E-state index contributed by atoms with van der Waals surface area (Å²) >= 11 is 0. The van der Waals surface area contributed by atoms with Crippen LogP contribution in [0.25, 0.3) is 0 Å². The van der Waals surface area contributed by atoms with Crippen molar-refractivity contribution in [1.29, 1.82) is 0 Å². The van der Waals surface area contributed by atoms with Crippen LogP contribution in [0.3, 0.4) is 0 Å². The Labute approximate surface area is 126 Å². The standard InChI is InChI=1S/C18H14F3N/c19-10-8-14-11-5-3-6-12(11)17(22-18(14)16(21)9-10)13-4-1-2-7-15(13)20/h1-5,7-9,11-12,17,22H,6H2/t11-,12-,17+/m1/s1. The molecule has 22 heavy (non-hydrogen) atoms. The van der Waals surface area contributed by atoms with E-state index < -0.39 is 11.6 Å². The highest BCUT2D eigenvalue weighted by molar-refractivity contribution is 5.60. The van der Waals surface area contributed by atoms with Gasteiger partial charge in [-0.3, -0.25) is 0 Å². The van der Waals surface area contributed by atoms with Gasteiger partial charge in [0.05, 0.1) is 11.7 Å². The minimum absolute atomic E-state index is 0.0607. The fraction of sp³-hybridized carbons (Fsp3) is 0.222. The lowest BCUT2D eigenvalue weighted by atomic mass is 9.77. The Morgan fingerprint density at radius 1 is 0.955 bits per heavy atom. The maximum atomic E-state index is 14.2. The van der Waals surface area contributed by atoms with Crippen molar-refractivity contribution in [3.8, 4) is 0 Å². The Hall–Kier alpha value is -2.23. The Morgan fingerprint density at radius 3 is 2.59 bits per heavy atom. The zero-order valence-corrected chi connectivity index (χ0v) is 11.7. The van der Waals surface area contributed by atoms with Gasteiger partial charge in [-0.1, -0.05) is 30.4 Å². The molecule has 0 radical (unpaired) electrons. The molecule has 1 aliphatic carbocycles. The smallest absolute Gasteiger partial charge is 0.149 e. The van der Waals surface area contributed by atoms with Crippen molar-refractivity contribution in [2.24, 2.45) is 5.92 Å². The van der Waals surface area contributed by atoms with E-state index in [1.54, 1.807) is 18.2 Å². The Morgan fingerprint density at radius 2 is 1.77 bits per heavy atom. The van der Waals surface area contributed by atoms with Gasteiger partial charge in [0.1, 0.15) is 17.5 Å². The largest absolute Gasteiger partial charge is 0.375 e. The van der Waals surface area contributed by atoms with Gasteiger partial charge in [-0.2, -0.15) is 0 Å². The first kappa shape index (κ1) is 13.4. The van der Waals surface area contributed by atoms with Crippen molar-refractivity contribution < 1.29 is 13.2 Å². The van der Waals surface area contributed by atoms with Crippen molar-refractivity contribution in [2.75, 3.05) is 5.32 Å². The second-order valence-electron chi connectivity index (χ2n) is 5.85. The molecule has 2 aromatic rings. The molecule has 2 aliphatic rings. The predicted octanol–water partition coefficient (Wildman–Crippen LogP) is 4.93. The van der Waals surface area contributed by atoms with E-state index in [-0.39, 0.29) is 29.4 Å². The molecule has 0 saturated heterocycles. The lowest BCUT2D eigenvalue weighted by Gasteiger charge is -2.37. The molecule has 1 aliphatic heterocycles. The Kier molecular flexibility index (Phi) is 2.99. The van der Waals surface area contributed by atoms with Gasteiger partial charge in [-0.15, -0.1) is 0 Å². The van der Waals surface area contributed by atoms with Crippen molar-refractivity contribution >= 4 is 5.69 Å². The van der Waals surface area contributed by atoms with E-state index in [1.807, 2.05) is 12.2 Å². The molecule has 0 unspecified atom stereocenters. The fourth-order valence-electron chi connectivity index (χ4n) is 3.66. The molecule has 0 bridgehead atoms. The highest BCUT2D eigenvalue weighted by Crippen LogP contribution is 2.50. The molecule has 0 amide bonds. The molecule has 0 fully saturated rings. The van der Waals surface area contributed by atoms with Crippen LogP contribution < -0.4 is 5.32 Å². The first-order chi connectivity index (χ1) is 10.6. The zero-order chi connectivity index (χ0) is 15.3. The molecular weight excluding hydrogens is 287 g/mol. The van der Waals surface area contributed by atoms with Crippen molar-refractivity contribution in [1.82, 2.24) is 0 Å². The summed E-state index contributed by atoms with van der Waals surface area (Å²) in [5, 5.41) is 3.10. The number of benzene rings is 2. The molecule has 0 aromatic heterocycles. The van der Waals surface area contributed by atoms with Crippen LogP contribution in [0.1, 0.15) is 29.5 Å². The van der Waals surface area contributed by atoms with Gasteiger partial charge in [0, 0.05) is 17.5 Å². The monoisotopic (exact) mass is 301 g/mol. The summed E-state index contributed by atoms with van der Waals surface area (Å²) in [5.74, 6) is -1.55. The highest BCUT2D eigenvalue weighted by atomic mass is 19.1. The third kappa shape index (κ3) is 1.94. The quantitative estimate of drug-likeness (QED) is 0.736. The van der Waals surface area contributed by atoms with E-state index in [2.05, 4.69) is 5.32 Å². The second-order valence-corrected chi connectivity index (χ2v) is 5.85. The van der Waals surface area contributed by atoms with Crippen LogP contribution in [-0.4, -0.2) is 0 Å². The second kappa shape index (κ2) is 4.90. The lowest BCUT2D eigenvalue weighted by molar-refractivity contribution is 0.407. The van der Waals surface area contributed by atoms with Crippen LogP contribution in [0.15, 0.2) is 48.6 Å². The number of allylic oxidation sites excluding steroid dienone is 2. The molecule has 4 heteroatoms. The van der Waals surface area contributed by atoms with Gasteiger partial charge in [-0.05, 0) is 30.0 Å².